The van der Waals surface area contributed by atoms with Gasteiger partial charge in [0.15, 0.2) is 0 Å². The highest BCUT2D eigenvalue weighted by atomic mass is 35.5. The van der Waals surface area contributed by atoms with Crippen molar-refractivity contribution in [2.24, 2.45) is 0 Å². The molecule has 1 N–H and O–H groups in total. The van der Waals surface area contributed by atoms with E-state index in [0.29, 0.717) is 0 Å². The number of halogens is 1. The van der Waals surface area contributed by atoms with E-state index in [0.717, 1.165) is 41.2 Å². The molecule has 1 aromatic carbocycles. The number of likely N-dealkylation sites (N-methyl/N-ethyl adjacent to an activating group) is 1. The van der Waals surface area contributed by atoms with E-state index < -0.39 is 0 Å². The Bertz CT molecular complexity index is 560. The lowest BCUT2D eigenvalue weighted by atomic mass is 10.00. The normalized spacial score (nSPS) is 21.7. The van der Waals surface area contributed by atoms with Crippen LogP contribution in [-0.2, 0) is 4.74 Å². The first kappa shape index (κ1) is 13.0. The standard InChI is InChI=1S/C15H18ClNO2/c1-17-15(13-4-2-3-7-18-13)14-9-10-8-11(16)5-6-12(10)19-14/h5-6,8-9,13,15,17H,2-4,7H2,1H3. The van der Waals surface area contributed by atoms with Crippen LogP contribution >= 0.6 is 11.6 Å². The molecule has 1 fully saturated rings. The van der Waals surface area contributed by atoms with Crippen molar-refractivity contribution in [3.63, 3.8) is 0 Å². The van der Waals surface area contributed by atoms with Crippen molar-refractivity contribution in [1.29, 1.82) is 0 Å². The topological polar surface area (TPSA) is 34.4 Å². The minimum atomic E-state index is 0.103. The molecular formula is C15H18ClNO2. The molecule has 3 nitrogen and oxygen atoms in total. The summed E-state index contributed by atoms with van der Waals surface area (Å²) in [4.78, 5) is 0. The van der Waals surface area contributed by atoms with Crippen LogP contribution in [-0.4, -0.2) is 19.8 Å². The molecule has 2 aromatic rings. The molecule has 0 aliphatic carbocycles. The maximum absolute atomic E-state index is 6.01. The highest BCUT2D eigenvalue weighted by Crippen LogP contribution is 2.31. The lowest BCUT2D eigenvalue weighted by Gasteiger charge is -2.28. The fraction of sp³-hybridized carbons (Fsp3) is 0.467. The van der Waals surface area contributed by atoms with E-state index in [1.807, 2.05) is 25.2 Å². The zero-order valence-corrected chi connectivity index (χ0v) is 11.7. The monoisotopic (exact) mass is 279 g/mol. The molecule has 19 heavy (non-hydrogen) atoms. The highest BCUT2D eigenvalue weighted by molar-refractivity contribution is 6.31. The second-order valence-corrected chi connectivity index (χ2v) is 5.44. The van der Waals surface area contributed by atoms with Gasteiger partial charge >= 0.3 is 0 Å². The van der Waals surface area contributed by atoms with Crippen molar-refractivity contribution >= 4 is 22.6 Å². The number of rotatable bonds is 3. The van der Waals surface area contributed by atoms with Crippen LogP contribution in [0.15, 0.2) is 28.7 Å². The molecule has 2 atom stereocenters. The summed E-state index contributed by atoms with van der Waals surface area (Å²) in [6.45, 7) is 0.842. The molecule has 1 aliphatic rings. The summed E-state index contributed by atoms with van der Waals surface area (Å²) in [5.41, 5.74) is 0.871. The summed E-state index contributed by atoms with van der Waals surface area (Å²) in [7, 11) is 1.95. The van der Waals surface area contributed by atoms with Gasteiger partial charge < -0.3 is 14.5 Å². The highest BCUT2D eigenvalue weighted by Gasteiger charge is 2.27. The van der Waals surface area contributed by atoms with E-state index in [1.165, 1.54) is 6.42 Å². The summed E-state index contributed by atoms with van der Waals surface area (Å²) in [6.07, 6.45) is 3.63. The Hall–Kier alpha value is -1.03. The van der Waals surface area contributed by atoms with Gasteiger partial charge in [-0.05, 0) is 50.6 Å². The van der Waals surface area contributed by atoms with Crippen LogP contribution in [0.5, 0.6) is 0 Å². The third-order valence-electron chi connectivity index (χ3n) is 3.70. The molecule has 1 aliphatic heterocycles. The second kappa shape index (κ2) is 5.53. The zero-order chi connectivity index (χ0) is 13.2. The number of benzene rings is 1. The second-order valence-electron chi connectivity index (χ2n) is 5.00. The Morgan fingerprint density at radius 3 is 2.95 bits per heavy atom. The van der Waals surface area contributed by atoms with Crippen LogP contribution in [0, 0.1) is 0 Å². The predicted octanol–water partition coefficient (Wildman–Crippen LogP) is 3.92. The van der Waals surface area contributed by atoms with E-state index >= 15 is 0 Å². The molecule has 0 spiro atoms. The molecule has 1 saturated heterocycles. The van der Waals surface area contributed by atoms with Gasteiger partial charge in [-0.15, -0.1) is 0 Å². The summed E-state index contributed by atoms with van der Waals surface area (Å²) in [5.74, 6) is 0.923. The summed E-state index contributed by atoms with van der Waals surface area (Å²) in [5, 5.41) is 5.08. The third-order valence-corrected chi connectivity index (χ3v) is 3.94. The van der Waals surface area contributed by atoms with Crippen molar-refractivity contribution < 1.29 is 9.15 Å². The molecule has 3 rings (SSSR count). The maximum atomic E-state index is 6.01. The molecule has 4 heteroatoms. The molecule has 1 aromatic heterocycles. The SMILES string of the molecule is CNC(c1cc2cc(Cl)ccc2o1)C1CCCCO1. The Morgan fingerprint density at radius 1 is 1.32 bits per heavy atom. The minimum absolute atomic E-state index is 0.103. The van der Waals surface area contributed by atoms with E-state index in [1.54, 1.807) is 0 Å². The summed E-state index contributed by atoms with van der Waals surface area (Å²) >= 11 is 6.01. The van der Waals surface area contributed by atoms with E-state index in [4.69, 9.17) is 20.8 Å². The fourth-order valence-electron chi connectivity index (χ4n) is 2.73. The van der Waals surface area contributed by atoms with Gasteiger partial charge in [-0.1, -0.05) is 11.6 Å². The maximum Gasteiger partial charge on any atom is 0.134 e. The van der Waals surface area contributed by atoms with Crippen LogP contribution in [0.3, 0.4) is 0 Å². The van der Waals surface area contributed by atoms with Gasteiger partial charge in [0.05, 0.1) is 12.1 Å². The van der Waals surface area contributed by atoms with Crippen molar-refractivity contribution in [3.05, 3.63) is 35.0 Å². The Morgan fingerprint density at radius 2 is 2.21 bits per heavy atom. The first-order valence-electron chi connectivity index (χ1n) is 6.76. The van der Waals surface area contributed by atoms with Crippen molar-refractivity contribution in [1.82, 2.24) is 5.32 Å². The van der Waals surface area contributed by atoms with Crippen LogP contribution in [0.1, 0.15) is 31.1 Å². The van der Waals surface area contributed by atoms with Crippen molar-refractivity contribution in [2.75, 3.05) is 13.7 Å². The van der Waals surface area contributed by atoms with Gasteiger partial charge in [0, 0.05) is 17.0 Å². The number of nitrogens with one attached hydrogen (secondary N) is 1. The molecule has 0 radical (unpaired) electrons. The molecule has 2 unspecified atom stereocenters. The first-order valence-corrected chi connectivity index (χ1v) is 7.13. The van der Waals surface area contributed by atoms with E-state index in [-0.39, 0.29) is 12.1 Å². The van der Waals surface area contributed by atoms with E-state index in [9.17, 15) is 0 Å². The number of fused-ring (bicyclic) bond motifs is 1. The lowest BCUT2D eigenvalue weighted by molar-refractivity contribution is -0.0106. The number of ether oxygens (including phenoxy) is 1. The zero-order valence-electron chi connectivity index (χ0n) is 11.0. The Kier molecular flexibility index (Phi) is 3.78. The largest absolute Gasteiger partial charge is 0.459 e. The Labute approximate surface area is 117 Å². The van der Waals surface area contributed by atoms with Gasteiger partial charge in [0.25, 0.3) is 0 Å². The minimum Gasteiger partial charge on any atom is -0.459 e. The molecule has 0 amide bonds. The van der Waals surface area contributed by atoms with Crippen LogP contribution in [0.2, 0.25) is 5.02 Å². The molecule has 0 saturated carbocycles. The molecule has 0 bridgehead atoms. The number of furan rings is 1. The fourth-order valence-corrected chi connectivity index (χ4v) is 2.91. The molecule has 2 heterocycles. The van der Waals surface area contributed by atoms with Crippen molar-refractivity contribution in [3.8, 4) is 0 Å². The van der Waals surface area contributed by atoms with Crippen LogP contribution in [0.25, 0.3) is 11.0 Å². The van der Waals surface area contributed by atoms with Gasteiger partial charge in [0.2, 0.25) is 0 Å². The van der Waals surface area contributed by atoms with Crippen LogP contribution < -0.4 is 5.32 Å². The average molecular weight is 280 g/mol. The quantitative estimate of drug-likeness (QED) is 0.925. The Balaban J connectivity index is 1.91. The molecule has 102 valence electrons. The summed E-state index contributed by atoms with van der Waals surface area (Å²) < 4.78 is 11.8. The van der Waals surface area contributed by atoms with Gasteiger partial charge in [0.1, 0.15) is 11.3 Å². The van der Waals surface area contributed by atoms with Gasteiger partial charge in [-0.3, -0.25) is 0 Å². The number of hydrogen-bond donors (Lipinski definition) is 1. The van der Waals surface area contributed by atoms with Gasteiger partial charge in [-0.2, -0.15) is 0 Å². The average Bonchev–Trinajstić information content (AvgIpc) is 2.83. The smallest absolute Gasteiger partial charge is 0.134 e. The lowest BCUT2D eigenvalue weighted by Crippen LogP contribution is -2.33. The predicted molar refractivity (Wildman–Crippen MR) is 76.6 cm³/mol. The van der Waals surface area contributed by atoms with Crippen molar-refractivity contribution in [2.45, 2.75) is 31.4 Å². The van der Waals surface area contributed by atoms with Gasteiger partial charge in [-0.25, -0.2) is 0 Å². The number of hydrogen-bond acceptors (Lipinski definition) is 3. The first-order chi connectivity index (χ1) is 9.28. The molecular weight excluding hydrogens is 262 g/mol. The third kappa shape index (κ3) is 2.64. The van der Waals surface area contributed by atoms with Crippen LogP contribution in [0.4, 0.5) is 0 Å². The van der Waals surface area contributed by atoms with E-state index in [2.05, 4.69) is 11.4 Å². The summed E-state index contributed by atoms with van der Waals surface area (Å²) in [6, 6.07) is 7.85.